The highest BCUT2D eigenvalue weighted by molar-refractivity contribution is 14.1. The van der Waals surface area contributed by atoms with Crippen molar-refractivity contribution in [3.63, 3.8) is 0 Å². The monoisotopic (exact) mass is 387 g/mol. The summed E-state index contributed by atoms with van der Waals surface area (Å²) in [5.74, 6) is 0.380. The average Bonchev–Trinajstić information content (AvgIpc) is 2.51. The number of fused-ring (bicyclic) bond motifs is 1. The van der Waals surface area contributed by atoms with E-state index < -0.39 is 0 Å². The third kappa shape index (κ3) is 1.82. The van der Waals surface area contributed by atoms with Crippen LogP contribution >= 0.6 is 51.3 Å². The fraction of sp³-hybridized carbons (Fsp3) is 0.167. The standard InChI is InChI=1S/C6H6IN5S.BrH/c1-13-6-9-2-3(7)4-10-11-5(8)12(4)6;/h2H,1H3,(H2,8,11);1H. The first kappa shape index (κ1) is 12.0. The Morgan fingerprint density at radius 3 is 2.86 bits per heavy atom. The molecule has 2 heterocycles. The van der Waals surface area contributed by atoms with E-state index in [0.717, 1.165) is 14.4 Å². The van der Waals surface area contributed by atoms with Crippen LogP contribution in [-0.2, 0) is 0 Å². The Morgan fingerprint density at radius 1 is 1.50 bits per heavy atom. The molecule has 0 saturated carbocycles. The number of aromatic nitrogens is 4. The highest BCUT2D eigenvalue weighted by Gasteiger charge is 2.09. The van der Waals surface area contributed by atoms with Gasteiger partial charge in [-0.1, -0.05) is 11.8 Å². The molecule has 2 aromatic rings. The number of halogens is 2. The second-order valence-electron chi connectivity index (χ2n) is 2.31. The van der Waals surface area contributed by atoms with Gasteiger partial charge in [0.15, 0.2) is 10.8 Å². The van der Waals surface area contributed by atoms with Crippen molar-refractivity contribution in [1.82, 2.24) is 19.6 Å². The smallest absolute Gasteiger partial charge is 0.228 e. The molecule has 2 aromatic heterocycles. The van der Waals surface area contributed by atoms with Crippen molar-refractivity contribution >= 4 is 62.9 Å². The number of nitrogens with zero attached hydrogens (tertiary/aromatic N) is 4. The third-order valence-corrected chi connectivity index (χ3v) is 2.98. The molecule has 0 fully saturated rings. The molecule has 2 N–H and O–H groups in total. The minimum atomic E-state index is 0. The number of rotatable bonds is 1. The molecule has 2 rings (SSSR count). The van der Waals surface area contributed by atoms with E-state index in [4.69, 9.17) is 5.73 Å². The van der Waals surface area contributed by atoms with E-state index >= 15 is 0 Å². The number of anilines is 1. The van der Waals surface area contributed by atoms with Crippen LogP contribution in [0.25, 0.3) is 5.65 Å². The lowest BCUT2D eigenvalue weighted by Gasteiger charge is -2.01. The summed E-state index contributed by atoms with van der Waals surface area (Å²) in [5.41, 5.74) is 6.42. The molecule has 0 aliphatic heterocycles. The lowest BCUT2D eigenvalue weighted by Crippen LogP contribution is -2.00. The summed E-state index contributed by atoms with van der Waals surface area (Å²) < 4.78 is 2.69. The van der Waals surface area contributed by atoms with Crippen molar-refractivity contribution in [3.05, 3.63) is 9.77 Å². The predicted molar refractivity (Wildman–Crippen MR) is 70.0 cm³/mol. The van der Waals surface area contributed by atoms with E-state index in [1.807, 2.05) is 6.26 Å². The molecule has 0 aliphatic rings. The summed E-state index contributed by atoms with van der Waals surface area (Å²) in [7, 11) is 0. The van der Waals surface area contributed by atoms with Gasteiger partial charge in [0, 0.05) is 6.20 Å². The fourth-order valence-corrected chi connectivity index (χ4v) is 2.02. The summed E-state index contributed by atoms with van der Waals surface area (Å²) in [4.78, 5) is 4.22. The van der Waals surface area contributed by atoms with E-state index in [-0.39, 0.29) is 17.0 Å². The molecule has 0 aliphatic carbocycles. The Kier molecular flexibility index (Phi) is 3.95. The molecular weight excluding hydrogens is 381 g/mol. The summed E-state index contributed by atoms with van der Waals surface area (Å²) >= 11 is 3.67. The molecule has 0 radical (unpaired) electrons. The molecule has 0 spiro atoms. The zero-order valence-electron chi connectivity index (χ0n) is 7.14. The molecule has 0 bridgehead atoms. The Morgan fingerprint density at radius 2 is 2.21 bits per heavy atom. The maximum Gasteiger partial charge on any atom is 0.228 e. The molecule has 0 atom stereocenters. The molecule has 5 nitrogen and oxygen atoms in total. The zero-order valence-corrected chi connectivity index (χ0v) is 11.8. The van der Waals surface area contributed by atoms with Gasteiger partial charge in [-0.2, -0.15) is 0 Å². The maximum absolute atomic E-state index is 5.65. The van der Waals surface area contributed by atoms with E-state index in [1.54, 1.807) is 10.6 Å². The Balaban J connectivity index is 0.000000980. The van der Waals surface area contributed by atoms with Gasteiger partial charge in [0.05, 0.1) is 3.57 Å². The molecule has 8 heteroatoms. The largest absolute Gasteiger partial charge is 0.368 e. The number of hydrogen-bond acceptors (Lipinski definition) is 5. The van der Waals surface area contributed by atoms with Crippen molar-refractivity contribution in [1.29, 1.82) is 0 Å². The van der Waals surface area contributed by atoms with E-state index in [9.17, 15) is 0 Å². The number of hydrogen-bond donors (Lipinski definition) is 1. The van der Waals surface area contributed by atoms with Gasteiger partial charge in [0.1, 0.15) is 0 Å². The van der Waals surface area contributed by atoms with Crippen LogP contribution < -0.4 is 5.73 Å². The molecule has 0 aromatic carbocycles. The Hall–Kier alpha value is -0.0900. The van der Waals surface area contributed by atoms with Crippen molar-refractivity contribution < 1.29 is 0 Å². The number of thioether (sulfide) groups is 1. The SMILES string of the molecule is Br.CSc1ncc(I)c2nnc(N)n12. The zero-order chi connectivity index (χ0) is 9.42. The minimum Gasteiger partial charge on any atom is -0.368 e. The predicted octanol–water partition coefficient (Wildman–Crippen LogP) is 1.61. The van der Waals surface area contributed by atoms with Gasteiger partial charge in [-0.05, 0) is 28.8 Å². The van der Waals surface area contributed by atoms with E-state index in [2.05, 4.69) is 37.8 Å². The van der Waals surface area contributed by atoms with E-state index in [0.29, 0.717) is 5.95 Å². The van der Waals surface area contributed by atoms with Gasteiger partial charge in [-0.15, -0.1) is 27.2 Å². The van der Waals surface area contributed by atoms with Crippen LogP contribution in [0.5, 0.6) is 0 Å². The minimum absolute atomic E-state index is 0. The summed E-state index contributed by atoms with van der Waals surface area (Å²) in [6.07, 6.45) is 3.70. The van der Waals surface area contributed by atoms with Crippen LogP contribution in [0.15, 0.2) is 11.4 Å². The van der Waals surface area contributed by atoms with Crippen LogP contribution in [-0.4, -0.2) is 25.8 Å². The first-order chi connectivity index (χ1) is 6.24. The van der Waals surface area contributed by atoms with E-state index in [1.165, 1.54) is 11.8 Å². The Bertz CT molecular complexity index is 459. The highest BCUT2D eigenvalue weighted by Crippen LogP contribution is 2.19. The second-order valence-corrected chi connectivity index (χ2v) is 4.25. The first-order valence-corrected chi connectivity index (χ1v) is 5.73. The molecule has 14 heavy (non-hydrogen) atoms. The van der Waals surface area contributed by atoms with Gasteiger partial charge in [0.25, 0.3) is 0 Å². The average molecular weight is 388 g/mol. The molecular formula is C6H7BrIN5S. The normalized spacial score (nSPS) is 10.1. The fourth-order valence-electron chi connectivity index (χ4n) is 1.01. The Labute approximate surface area is 109 Å². The van der Waals surface area contributed by atoms with Crippen LogP contribution in [0, 0.1) is 3.57 Å². The number of nitrogen functional groups attached to an aromatic ring is 1. The number of nitrogens with two attached hydrogens (primary N) is 1. The molecule has 0 amide bonds. The van der Waals surface area contributed by atoms with Crippen LogP contribution in [0.3, 0.4) is 0 Å². The quantitative estimate of drug-likeness (QED) is 0.457. The molecule has 76 valence electrons. The van der Waals surface area contributed by atoms with Crippen molar-refractivity contribution in [2.45, 2.75) is 5.16 Å². The van der Waals surface area contributed by atoms with Crippen LogP contribution in [0.2, 0.25) is 0 Å². The van der Waals surface area contributed by atoms with Gasteiger partial charge in [-0.3, -0.25) is 0 Å². The molecule has 0 unspecified atom stereocenters. The van der Waals surface area contributed by atoms with Crippen molar-refractivity contribution in [3.8, 4) is 0 Å². The lowest BCUT2D eigenvalue weighted by atomic mass is 10.6. The summed E-state index contributed by atoms with van der Waals surface area (Å²) in [6.45, 7) is 0. The van der Waals surface area contributed by atoms with Crippen LogP contribution in [0.4, 0.5) is 5.95 Å². The topological polar surface area (TPSA) is 69.1 Å². The summed E-state index contributed by atoms with van der Waals surface area (Å²) in [5, 5.41) is 8.55. The lowest BCUT2D eigenvalue weighted by molar-refractivity contribution is 0.904. The second kappa shape index (κ2) is 4.62. The highest BCUT2D eigenvalue weighted by atomic mass is 127. The van der Waals surface area contributed by atoms with Gasteiger partial charge >= 0.3 is 0 Å². The first-order valence-electron chi connectivity index (χ1n) is 3.43. The van der Waals surface area contributed by atoms with Gasteiger partial charge in [0.2, 0.25) is 5.95 Å². The van der Waals surface area contributed by atoms with Crippen molar-refractivity contribution in [2.75, 3.05) is 12.0 Å². The van der Waals surface area contributed by atoms with Crippen molar-refractivity contribution in [2.24, 2.45) is 0 Å². The maximum atomic E-state index is 5.65. The van der Waals surface area contributed by atoms with Crippen LogP contribution in [0.1, 0.15) is 0 Å². The van der Waals surface area contributed by atoms with Gasteiger partial charge in [-0.25, -0.2) is 9.38 Å². The third-order valence-electron chi connectivity index (χ3n) is 1.56. The summed E-state index contributed by atoms with van der Waals surface area (Å²) in [6, 6.07) is 0. The molecule has 0 saturated heterocycles. The van der Waals surface area contributed by atoms with Gasteiger partial charge < -0.3 is 5.73 Å².